The van der Waals surface area contributed by atoms with Crippen LogP contribution in [0.3, 0.4) is 0 Å². The number of hydrogen-bond donors (Lipinski definition) is 1. The van der Waals surface area contributed by atoms with E-state index in [2.05, 4.69) is 0 Å². The first-order valence-corrected chi connectivity index (χ1v) is 2.91. The monoisotopic (exact) mass is 142 g/mol. The van der Waals surface area contributed by atoms with Crippen molar-refractivity contribution in [3.63, 3.8) is 0 Å². The molecule has 0 aliphatic rings. The van der Waals surface area contributed by atoms with Crippen molar-refractivity contribution >= 4 is 29.0 Å². The van der Waals surface area contributed by atoms with Crippen LogP contribution in [0.25, 0.3) is 0 Å². The number of rotatable bonds is 3. The van der Waals surface area contributed by atoms with Crippen molar-refractivity contribution in [1.29, 1.82) is 0 Å². The number of carbonyl (C=O) groups is 1. The van der Waals surface area contributed by atoms with Crippen LogP contribution in [0.1, 0.15) is 26.7 Å². The van der Waals surface area contributed by atoms with Gasteiger partial charge in [0.25, 0.3) is 0 Å². The molecule has 9 heavy (non-hydrogen) atoms. The molecule has 0 radical (unpaired) electrons. The SMILES string of the molecule is CCCC(C)C(=O)O.[MgH2]. The zero-order valence-corrected chi connectivity index (χ0v) is 5.35. The topological polar surface area (TPSA) is 37.3 Å². The van der Waals surface area contributed by atoms with E-state index < -0.39 is 5.97 Å². The van der Waals surface area contributed by atoms with Gasteiger partial charge in [-0.3, -0.25) is 4.79 Å². The summed E-state index contributed by atoms with van der Waals surface area (Å²) in [4.78, 5) is 10.1. The lowest BCUT2D eigenvalue weighted by atomic mass is 10.1. The third-order valence-electron chi connectivity index (χ3n) is 1.14. The first kappa shape index (κ1) is 12.0. The molecule has 0 saturated heterocycles. The molecule has 0 aromatic rings. The number of carboxylic acid groups (broad SMARTS) is 1. The molecule has 1 atom stereocenters. The zero-order valence-electron chi connectivity index (χ0n) is 5.35. The molecule has 0 aromatic heterocycles. The van der Waals surface area contributed by atoms with Gasteiger partial charge in [0.2, 0.25) is 0 Å². The van der Waals surface area contributed by atoms with Gasteiger partial charge in [0.1, 0.15) is 0 Å². The molecule has 0 amide bonds. The number of aliphatic carboxylic acids is 1. The van der Waals surface area contributed by atoms with Crippen LogP contribution in [0.5, 0.6) is 0 Å². The zero-order chi connectivity index (χ0) is 6.57. The van der Waals surface area contributed by atoms with Crippen LogP contribution in [-0.4, -0.2) is 34.1 Å². The van der Waals surface area contributed by atoms with Crippen LogP contribution in [0, 0.1) is 5.92 Å². The van der Waals surface area contributed by atoms with Crippen LogP contribution in [0.15, 0.2) is 0 Å². The molecule has 3 heteroatoms. The third-order valence-corrected chi connectivity index (χ3v) is 1.14. The minimum absolute atomic E-state index is 0. The predicted molar refractivity (Wildman–Crippen MR) is 40.3 cm³/mol. The molecule has 0 heterocycles. The molecular weight excluding hydrogens is 128 g/mol. The van der Waals surface area contributed by atoms with E-state index in [1.165, 1.54) is 0 Å². The number of hydrogen-bond acceptors (Lipinski definition) is 1. The molecular formula is C6H14MgO2. The smallest absolute Gasteiger partial charge is 0.316 e. The Morgan fingerprint density at radius 2 is 2.11 bits per heavy atom. The molecule has 0 saturated carbocycles. The molecule has 0 spiro atoms. The van der Waals surface area contributed by atoms with E-state index in [1.807, 2.05) is 6.92 Å². The lowest BCUT2D eigenvalue weighted by molar-refractivity contribution is -0.141. The lowest BCUT2D eigenvalue weighted by Crippen LogP contribution is -2.08. The maximum absolute atomic E-state index is 10.1. The van der Waals surface area contributed by atoms with E-state index in [9.17, 15) is 4.79 Å². The van der Waals surface area contributed by atoms with E-state index in [4.69, 9.17) is 5.11 Å². The standard InChI is InChI=1S/C6H12O2.Mg.2H/c1-3-4-5(2)6(7)8;;;/h5H,3-4H2,1-2H3,(H,7,8);;;. The summed E-state index contributed by atoms with van der Waals surface area (Å²) >= 11 is 0. The van der Waals surface area contributed by atoms with Crippen LogP contribution in [-0.2, 0) is 4.79 Å². The summed E-state index contributed by atoms with van der Waals surface area (Å²) in [7, 11) is 0. The lowest BCUT2D eigenvalue weighted by Gasteiger charge is -2.00. The van der Waals surface area contributed by atoms with Gasteiger partial charge in [0.05, 0.1) is 5.92 Å². The van der Waals surface area contributed by atoms with Crippen molar-refractivity contribution in [2.24, 2.45) is 5.92 Å². The fraction of sp³-hybridized carbons (Fsp3) is 0.833. The van der Waals surface area contributed by atoms with Crippen LogP contribution < -0.4 is 0 Å². The summed E-state index contributed by atoms with van der Waals surface area (Å²) in [5, 5.41) is 8.31. The molecule has 0 rings (SSSR count). The fourth-order valence-corrected chi connectivity index (χ4v) is 0.556. The molecule has 1 unspecified atom stereocenters. The average Bonchev–Trinajstić information content (AvgIpc) is 1.67. The van der Waals surface area contributed by atoms with Crippen molar-refractivity contribution in [3.8, 4) is 0 Å². The predicted octanol–water partition coefficient (Wildman–Crippen LogP) is 0.591. The largest absolute Gasteiger partial charge is 0.481 e. The molecule has 0 bridgehead atoms. The van der Waals surface area contributed by atoms with Gasteiger partial charge >= 0.3 is 29.0 Å². The highest BCUT2D eigenvalue weighted by atomic mass is 24.3. The second-order valence-corrected chi connectivity index (χ2v) is 2.03. The third kappa shape index (κ3) is 6.12. The second-order valence-electron chi connectivity index (χ2n) is 2.03. The second kappa shape index (κ2) is 6.36. The highest BCUT2D eigenvalue weighted by molar-refractivity contribution is 5.75. The van der Waals surface area contributed by atoms with Gasteiger partial charge in [-0.05, 0) is 6.42 Å². The van der Waals surface area contributed by atoms with Crippen molar-refractivity contribution in [2.75, 3.05) is 0 Å². The highest BCUT2D eigenvalue weighted by Crippen LogP contribution is 2.03. The first-order chi connectivity index (χ1) is 3.68. The van der Waals surface area contributed by atoms with Gasteiger partial charge in [-0.1, -0.05) is 20.3 Å². The van der Waals surface area contributed by atoms with Crippen molar-refractivity contribution < 1.29 is 9.90 Å². The number of carboxylic acids is 1. The van der Waals surface area contributed by atoms with Crippen LogP contribution in [0.4, 0.5) is 0 Å². The van der Waals surface area contributed by atoms with E-state index >= 15 is 0 Å². The Hall–Kier alpha value is 0.236. The summed E-state index contributed by atoms with van der Waals surface area (Å²) in [6.45, 7) is 3.71. The summed E-state index contributed by atoms with van der Waals surface area (Å²) in [6.07, 6.45) is 1.74. The van der Waals surface area contributed by atoms with E-state index in [1.54, 1.807) is 6.92 Å². The molecule has 0 aromatic carbocycles. The minimum atomic E-state index is -0.688. The Labute approximate surface area is 71.8 Å². The highest BCUT2D eigenvalue weighted by Gasteiger charge is 2.07. The fourth-order valence-electron chi connectivity index (χ4n) is 0.556. The van der Waals surface area contributed by atoms with Crippen molar-refractivity contribution in [3.05, 3.63) is 0 Å². The van der Waals surface area contributed by atoms with Gasteiger partial charge in [0.15, 0.2) is 0 Å². The van der Waals surface area contributed by atoms with Gasteiger partial charge in [-0.2, -0.15) is 0 Å². The quantitative estimate of drug-likeness (QED) is 0.586. The normalized spacial score (nSPS) is 11.8. The Bertz CT molecular complexity index is 83.1. The van der Waals surface area contributed by atoms with Crippen molar-refractivity contribution in [2.45, 2.75) is 26.7 Å². The van der Waals surface area contributed by atoms with Gasteiger partial charge < -0.3 is 5.11 Å². The Balaban J connectivity index is 0. The van der Waals surface area contributed by atoms with E-state index in [0.717, 1.165) is 12.8 Å². The van der Waals surface area contributed by atoms with Gasteiger partial charge in [0, 0.05) is 0 Å². The first-order valence-electron chi connectivity index (χ1n) is 2.91. The Kier molecular flexibility index (Phi) is 8.45. The molecule has 0 aliphatic carbocycles. The van der Waals surface area contributed by atoms with Gasteiger partial charge in [-0.25, -0.2) is 0 Å². The van der Waals surface area contributed by atoms with Crippen LogP contribution >= 0.6 is 0 Å². The molecule has 0 aliphatic heterocycles. The molecule has 2 nitrogen and oxygen atoms in total. The van der Waals surface area contributed by atoms with Crippen molar-refractivity contribution in [1.82, 2.24) is 0 Å². The van der Waals surface area contributed by atoms with E-state index in [-0.39, 0.29) is 29.0 Å². The molecule has 52 valence electrons. The van der Waals surface area contributed by atoms with Gasteiger partial charge in [-0.15, -0.1) is 0 Å². The molecule has 0 fully saturated rings. The minimum Gasteiger partial charge on any atom is -0.481 e. The summed E-state index contributed by atoms with van der Waals surface area (Å²) in [5.74, 6) is -0.855. The average molecular weight is 142 g/mol. The summed E-state index contributed by atoms with van der Waals surface area (Å²) in [5.41, 5.74) is 0. The molecule has 1 N–H and O–H groups in total. The summed E-state index contributed by atoms with van der Waals surface area (Å²) in [6, 6.07) is 0. The van der Waals surface area contributed by atoms with E-state index in [0.29, 0.717) is 0 Å². The summed E-state index contributed by atoms with van der Waals surface area (Å²) < 4.78 is 0. The Morgan fingerprint density at radius 1 is 1.67 bits per heavy atom. The van der Waals surface area contributed by atoms with Crippen LogP contribution in [0.2, 0.25) is 0 Å². The maximum atomic E-state index is 10.1. The Morgan fingerprint density at radius 3 is 2.22 bits per heavy atom. The maximum Gasteiger partial charge on any atom is 0.316 e.